The molecule has 0 saturated carbocycles. The zero-order valence-corrected chi connectivity index (χ0v) is 12.2. The van der Waals surface area contributed by atoms with Crippen LogP contribution in [0.3, 0.4) is 0 Å². The first-order chi connectivity index (χ1) is 10.4. The van der Waals surface area contributed by atoms with Crippen LogP contribution in [0.1, 0.15) is 0 Å². The molecule has 3 rings (SSSR count). The average molecular weight is 283 g/mol. The van der Waals surface area contributed by atoms with Gasteiger partial charge in [0, 0.05) is 51.0 Å². The first-order valence-corrected chi connectivity index (χ1v) is 7.42. The van der Waals surface area contributed by atoms with Gasteiger partial charge in [-0.3, -0.25) is 4.90 Å². The number of anilines is 1. The van der Waals surface area contributed by atoms with Crippen LogP contribution in [-0.2, 0) is 0 Å². The Kier molecular flexibility index (Phi) is 4.43. The molecule has 1 aromatic heterocycles. The van der Waals surface area contributed by atoms with E-state index < -0.39 is 0 Å². The normalized spacial score (nSPS) is 16.1. The number of hydrogen-bond acceptors (Lipinski definition) is 5. The molecule has 1 aromatic carbocycles. The summed E-state index contributed by atoms with van der Waals surface area (Å²) in [5, 5.41) is 0. The standard InChI is InChI=1S/C16H21N5/c17-7-9-20-10-12-21(13-11-20)15-6-8-18-16(19-15)14-4-2-1-3-5-14/h1-6,8H,7,9-13,17H2. The molecule has 2 N–H and O–H groups in total. The lowest BCUT2D eigenvalue weighted by Gasteiger charge is -2.35. The second-order valence-electron chi connectivity index (χ2n) is 5.22. The smallest absolute Gasteiger partial charge is 0.161 e. The van der Waals surface area contributed by atoms with Crippen LogP contribution >= 0.6 is 0 Å². The van der Waals surface area contributed by atoms with E-state index in [1.807, 2.05) is 42.6 Å². The third-order valence-corrected chi connectivity index (χ3v) is 3.81. The Bertz CT molecular complexity index is 564. The van der Waals surface area contributed by atoms with Crippen molar-refractivity contribution in [3.63, 3.8) is 0 Å². The fourth-order valence-corrected chi connectivity index (χ4v) is 2.63. The predicted molar refractivity (Wildman–Crippen MR) is 85.2 cm³/mol. The van der Waals surface area contributed by atoms with Gasteiger partial charge in [-0.25, -0.2) is 9.97 Å². The number of benzene rings is 1. The van der Waals surface area contributed by atoms with Crippen LogP contribution in [0.4, 0.5) is 5.82 Å². The molecule has 5 nitrogen and oxygen atoms in total. The maximum absolute atomic E-state index is 5.61. The van der Waals surface area contributed by atoms with Crippen molar-refractivity contribution in [3.05, 3.63) is 42.6 Å². The summed E-state index contributed by atoms with van der Waals surface area (Å²) >= 11 is 0. The molecule has 2 heterocycles. The van der Waals surface area contributed by atoms with Gasteiger partial charge >= 0.3 is 0 Å². The van der Waals surface area contributed by atoms with Gasteiger partial charge in [0.05, 0.1) is 0 Å². The van der Waals surface area contributed by atoms with Gasteiger partial charge in [0.15, 0.2) is 5.82 Å². The van der Waals surface area contributed by atoms with Crippen molar-refractivity contribution in [1.29, 1.82) is 0 Å². The highest BCUT2D eigenvalue weighted by molar-refractivity contribution is 5.57. The van der Waals surface area contributed by atoms with Crippen molar-refractivity contribution in [2.75, 3.05) is 44.2 Å². The van der Waals surface area contributed by atoms with Crippen molar-refractivity contribution in [2.45, 2.75) is 0 Å². The van der Waals surface area contributed by atoms with Gasteiger partial charge < -0.3 is 10.6 Å². The summed E-state index contributed by atoms with van der Waals surface area (Å²) in [4.78, 5) is 13.8. The Labute approximate surface area is 125 Å². The third-order valence-electron chi connectivity index (χ3n) is 3.81. The molecule has 21 heavy (non-hydrogen) atoms. The van der Waals surface area contributed by atoms with Gasteiger partial charge in [-0.05, 0) is 6.07 Å². The number of aromatic nitrogens is 2. The number of piperazine rings is 1. The topological polar surface area (TPSA) is 58.3 Å². The van der Waals surface area contributed by atoms with Crippen molar-refractivity contribution < 1.29 is 0 Å². The van der Waals surface area contributed by atoms with E-state index in [1.165, 1.54) is 0 Å². The van der Waals surface area contributed by atoms with Crippen LogP contribution in [0.15, 0.2) is 42.6 Å². The fourth-order valence-electron chi connectivity index (χ4n) is 2.63. The van der Waals surface area contributed by atoms with E-state index in [2.05, 4.69) is 14.8 Å². The zero-order chi connectivity index (χ0) is 14.5. The molecule has 0 unspecified atom stereocenters. The molecule has 1 saturated heterocycles. The maximum Gasteiger partial charge on any atom is 0.161 e. The summed E-state index contributed by atoms with van der Waals surface area (Å²) in [5.74, 6) is 1.80. The fraction of sp³-hybridized carbons (Fsp3) is 0.375. The number of nitrogens with zero attached hydrogens (tertiary/aromatic N) is 4. The molecular weight excluding hydrogens is 262 g/mol. The van der Waals surface area contributed by atoms with E-state index in [4.69, 9.17) is 10.7 Å². The minimum atomic E-state index is 0.728. The van der Waals surface area contributed by atoms with E-state index in [-0.39, 0.29) is 0 Å². The molecule has 1 aliphatic heterocycles. The van der Waals surface area contributed by atoms with Crippen LogP contribution in [-0.4, -0.2) is 54.1 Å². The van der Waals surface area contributed by atoms with Crippen LogP contribution in [0.5, 0.6) is 0 Å². The Balaban J connectivity index is 1.72. The van der Waals surface area contributed by atoms with Crippen molar-refractivity contribution in [1.82, 2.24) is 14.9 Å². The highest BCUT2D eigenvalue weighted by Gasteiger charge is 2.17. The molecule has 0 radical (unpaired) electrons. The van der Waals surface area contributed by atoms with E-state index in [1.54, 1.807) is 0 Å². The monoisotopic (exact) mass is 283 g/mol. The van der Waals surface area contributed by atoms with Gasteiger partial charge in [0.25, 0.3) is 0 Å². The van der Waals surface area contributed by atoms with Gasteiger partial charge in [-0.2, -0.15) is 0 Å². The lowest BCUT2D eigenvalue weighted by atomic mass is 10.2. The SMILES string of the molecule is NCCN1CCN(c2ccnc(-c3ccccc3)n2)CC1. The first kappa shape index (κ1) is 14.0. The molecule has 0 aliphatic carbocycles. The highest BCUT2D eigenvalue weighted by Crippen LogP contribution is 2.18. The maximum atomic E-state index is 5.61. The minimum Gasteiger partial charge on any atom is -0.354 e. The molecule has 2 aromatic rings. The average Bonchev–Trinajstić information content (AvgIpc) is 2.57. The molecule has 5 heteroatoms. The van der Waals surface area contributed by atoms with Gasteiger partial charge in [0.1, 0.15) is 5.82 Å². The van der Waals surface area contributed by atoms with Gasteiger partial charge in [-0.1, -0.05) is 30.3 Å². The van der Waals surface area contributed by atoms with E-state index >= 15 is 0 Å². The Morgan fingerprint density at radius 2 is 1.76 bits per heavy atom. The third kappa shape index (κ3) is 3.37. The Morgan fingerprint density at radius 1 is 1.00 bits per heavy atom. The molecule has 1 aliphatic rings. The summed E-state index contributed by atoms with van der Waals surface area (Å²) in [7, 11) is 0. The van der Waals surface area contributed by atoms with Gasteiger partial charge in [0.2, 0.25) is 0 Å². The summed E-state index contributed by atoms with van der Waals surface area (Å²) in [5.41, 5.74) is 6.67. The highest BCUT2D eigenvalue weighted by atomic mass is 15.3. The number of nitrogens with two attached hydrogens (primary N) is 1. The molecular formula is C16H21N5. The lowest BCUT2D eigenvalue weighted by molar-refractivity contribution is 0.264. The second kappa shape index (κ2) is 6.65. The molecule has 1 fully saturated rings. The molecule has 0 bridgehead atoms. The zero-order valence-electron chi connectivity index (χ0n) is 12.2. The van der Waals surface area contributed by atoms with Crippen molar-refractivity contribution >= 4 is 5.82 Å². The number of rotatable bonds is 4. The van der Waals surface area contributed by atoms with Crippen molar-refractivity contribution in [2.24, 2.45) is 5.73 Å². The van der Waals surface area contributed by atoms with E-state index in [0.717, 1.165) is 56.5 Å². The van der Waals surface area contributed by atoms with Crippen LogP contribution in [0, 0.1) is 0 Å². The summed E-state index contributed by atoms with van der Waals surface area (Å²) in [6.45, 7) is 5.78. The first-order valence-electron chi connectivity index (χ1n) is 7.42. The Morgan fingerprint density at radius 3 is 2.48 bits per heavy atom. The van der Waals surface area contributed by atoms with E-state index in [9.17, 15) is 0 Å². The second-order valence-corrected chi connectivity index (χ2v) is 5.22. The molecule has 0 amide bonds. The lowest BCUT2D eigenvalue weighted by Crippen LogP contribution is -2.48. The molecule has 0 atom stereocenters. The Hall–Kier alpha value is -1.98. The van der Waals surface area contributed by atoms with E-state index in [0.29, 0.717) is 0 Å². The van der Waals surface area contributed by atoms with Crippen LogP contribution < -0.4 is 10.6 Å². The van der Waals surface area contributed by atoms with Gasteiger partial charge in [-0.15, -0.1) is 0 Å². The quantitative estimate of drug-likeness (QED) is 0.914. The summed E-state index contributed by atoms with van der Waals surface area (Å²) in [6.07, 6.45) is 1.84. The number of hydrogen-bond donors (Lipinski definition) is 1. The summed E-state index contributed by atoms with van der Waals surface area (Å²) in [6, 6.07) is 12.1. The molecule has 110 valence electrons. The largest absolute Gasteiger partial charge is 0.354 e. The minimum absolute atomic E-state index is 0.728. The van der Waals surface area contributed by atoms with Crippen molar-refractivity contribution in [3.8, 4) is 11.4 Å². The predicted octanol–water partition coefficient (Wildman–Crippen LogP) is 1.22. The van der Waals surface area contributed by atoms with Crippen LogP contribution in [0.2, 0.25) is 0 Å². The summed E-state index contributed by atoms with van der Waals surface area (Å²) < 4.78 is 0. The van der Waals surface area contributed by atoms with Crippen LogP contribution in [0.25, 0.3) is 11.4 Å². The molecule has 0 spiro atoms.